The van der Waals surface area contributed by atoms with E-state index in [0.29, 0.717) is 12.1 Å². The molecule has 1 aliphatic carbocycles. The Morgan fingerprint density at radius 3 is 3.00 bits per heavy atom. The second kappa shape index (κ2) is 5.21. The van der Waals surface area contributed by atoms with Gasteiger partial charge >= 0.3 is 0 Å². The van der Waals surface area contributed by atoms with E-state index in [1.54, 1.807) is 17.7 Å². The number of rotatable bonds is 4. The van der Waals surface area contributed by atoms with Gasteiger partial charge in [0.1, 0.15) is 17.0 Å². The summed E-state index contributed by atoms with van der Waals surface area (Å²) in [5, 5.41) is 4.87. The number of likely N-dealkylation sites (tertiary alicyclic amines) is 1. The Bertz CT molecular complexity index is 649. The molecule has 0 amide bonds. The predicted octanol–water partition coefficient (Wildman–Crippen LogP) is 3.29. The summed E-state index contributed by atoms with van der Waals surface area (Å²) in [6.45, 7) is 5.70. The van der Waals surface area contributed by atoms with Crippen LogP contribution >= 0.6 is 11.3 Å². The van der Waals surface area contributed by atoms with Crippen molar-refractivity contribution in [3.63, 3.8) is 0 Å². The molecule has 4 rings (SSSR count). The van der Waals surface area contributed by atoms with Gasteiger partial charge < -0.3 is 5.32 Å². The lowest BCUT2D eigenvalue weighted by molar-refractivity contribution is 0.257. The fourth-order valence-corrected chi connectivity index (χ4v) is 4.40. The molecular weight excluding hydrogens is 280 g/mol. The van der Waals surface area contributed by atoms with Gasteiger partial charge in [0.05, 0.1) is 5.39 Å². The van der Waals surface area contributed by atoms with Crippen LogP contribution in [0.25, 0.3) is 10.2 Å². The van der Waals surface area contributed by atoms with Crippen molar-refractivity contribution in [2.75, 3.05) is 11.9 Å². The van der Waals surface area contributed by atoms with Crippen LogP contribution in [-0.4, -0.2) is 39.5 Å². The number of thiophene rings is 1. The van der Waals surface area contributed by atoms with E-state index in [1.807, 2.05) is 0 Å². The van der Waals surface area contributed by atoms with E-state index in [0.717, 1.165) is 29.7 Å². The van der Waals surface area contributed by atoms with E-state index in [4.69, 9.17) is 0 Å². The molecule has 0 spiro atoms. The number of nitrogens with zero attached hydrogens (tertiary/aromatic N) is 3. The first kappa shape index (κ1) is 13.5. The normalized spacial score (nSPS) is 26.6. The maximum atomic E-state index is 4.49. The average Bonchev–Trinajstić information content (AvgIpc) is 3.12. The van der Waals surface area contributed by atoms with Gasteiger partial charge in [0, 0.05) is 29.5 Å². The molecule has 1 aliphatic heterocycles. The molecule has 0 bridgehead atoms. The Hall–Kier alpha value is -1.20. The smallest absolute Gasteiger partial charge is 0.138 e. The highest BCUT2D eigenvalue weighted by molar-refractivity contribution is 7.18. The van der Waals surface area contributed by atoms with E-state index in [2.05, 4.69) is 40.1 Å². The van der Waals surface area contributed by atoms with Crippen LogP contribution in [0.15, 0.2) is 12.4 Å². The molecular formula is C16H22N4S. The molecule has 2 aliphatic rings. The van der Waals surface area contributed by atoms with Gasteiger partial charge in [-0.2, -0.15) is 0 Å². The molecule has 0 aromatic carbocycles. The van der Waals surface area contributed by atoms with Gasteiger partial charge in [-0.1, -0.05) is 6.92 Å². The summed E-state index contributed by atoms with van der Waals surface area (Å²) in [5.74, 6) is 1.02. The molecule has 2 atom stereocenters. The third kappa shape index (κ3) is 2.53. The molecule has 1 N–H and O–H groups in total. The number of hydrogen-bond acceptors (Lipinski definition) is 5. The lowest BCUT2D eigenvalue weighted by atomic mass is 10.2. The molecule has 2 aromatic heterocycles. The number of nitrogens with one attached hydrogen (secondary N) is 1. The van der Waals surface area contributed by atoms with Crippen molar-refractivity contribution in [1.29, 1.82) is 0 Å². The first-order valence-electron chi connectivity index (χ1n) is 8.00. The van der Waals surface area contributed by atoms with Crippen molar-refractivity contribution >= 4 is 27.4 Å². The van der Waals surface area contributed by atoms with Gasteiger partial charge in [0.15, 0.2) is 0 Å². The fraction of sp³-hybridized carbons (Fsp3) is 0.625. The number of aryl methyl sites for hydroxylation is 1. The molecule has 3 heterocycles. The van der Waals surface area contributed by atoms with Gasteiger partial charge in [-0.25, -0.2) is 9.97 Å². The SMILES string of the molecule is CCc1cc2c(NC3CC(C)N(C4CC4)C3)ncnc2s1. The quantitative estimate of drug-likeness (QED) is 0.941. The molecule has 1 saturated heterocycles. The van der Waals surface area contributed by atoms with E-state index in [1.165, 1.54) is 29.5 Å². The number of anilines is 1. The minimum Gasteiger partial charge on any atom is -0.365 e. The molecule has 1 saturated carbocycles. The Labute approximate surface area is 129 Å². The van der Waals surface area contributed by atoms with Crippen molar-refractivity contribution < 1.29 is 0 Å². The Morgan fingerprint density at radius 1 is 1.38 bits per heavy atom. The third-order valence-corrected chi connectivity index (χ3v) is 5.90. The largest absolute Gasteiger partial charge is 0.365 e. The highest BCUT2D eigenvalue weighted by Crippen LogP contribution is 2.35. The summed E-state index contributed by atoms with van der Waals surface area (Å²) in [6, 6.07) is 4.31. The summed E-state index contributed by atoms with van der Waals surface area (Å²) < 4.78 is 0. The molecule has 2 aromatic rings. The zero-order chi connectivity index (χ0) is 14.4. The first-order chi connectivity index (χ1) is 10.2. The lowest BCUT2D eigenvalue weighted by Gasteiger charge is -2.19. The second-order valence-electron chi connectivity index (χ2n) is 6.36. The van der Waals surface area contributed by atoms with E-state index >= 15 is 0 Å². The summed E-state index contributed by atoms with van der Waals surface area (Å²) in [7, 11) is 0. The zero-order valence-corrected chi connectivity index (χ0v) is 13.5. The summed E-state index contributed by atoms with van der Waals surface area (Å²) in [4.78, 5) is 14.1. The molecule has 2 unspecified atom stereocenters. The Balaban J connectivity index is 1.55. The van der Waals surface area contributed by atoms with Crippen LogP contribution in [0.5, 0.6) is 0 Å². The van der Waals surface area contributed by atoms with Gasteiger partial charge in [0.2, 0.25) is 0 Å². The molecule has 0 radical (unpaired) electrons. The van der Waals surface area contributed by atoms with Crippen molar-refractivity contribution in [3.05, 3.63) is 17.3 Å². The summed E-state index contributed by atoms with van der Waals surface area (Å²) >= 11 is 1.78. The van der Waals surface area contributed by atoms with Crippen LogP contribution in [-0.2, 0) is 6.42 Å². The standard InChI is InChI=1S/C16H22N4S/c1-3-13-7-14-15(17-9-18-16(14)21-13)19-11-6-10(2)20(8-11)12-4-5-12/h7,9-12H,3-6,8H2,1-2H3,(H,17,18,19). The van der Waals surface area contributed by atoms with Crippen LogP contribution in [0.4, 0.5) is 5.82 Å². The van der Waals surface area contributed by atoms with Crippen molar-refractivity contribution in [1.82, 2.24) is 14.9 Å². The van der Waals surface area contributed by atoms with Crippen LogP contribution in [0.3, 0.4) is 0 Å². The summed E-state index contributed by atoms with van der Waals surface area (Å²) in [6.07, 6.45) is 6.75. The molecule has 112 valence electrons. The number of fused-ring (bicyclic) bond motifs is 1. The van der Waals surface area contributed by atoms with Crippen LogP contribution in [0.1, 0.15) is 38.0 Å². The summed E-state index contributed by atoms with van der Waals surface area (Å²) in [5.41, 5.74) is 0. The maximum Gasteiger partial charge on any atom is 0.138 e. The van der Waals surface area contributed by atoms with E-state index < -0.39 is 0 Å². The lowest BCUT2D eigenvalue weighted by Crippen LogP contribution is -2.31. The van der Waals surface area contributed by atoms with E-state index in [9.17, 15) is 0 Å². The molecule has 21 heavy (non-hydrogen) atoms. The maximum absolute atomic E-state index is 4.49. The molecule has 4 nitrogen and oxygen atoms in total. The van der Waals surface area contributed by atoms with Crippen LogP contribution in [0, 0.1) is 0 Å². The van der Waals surface area contributed by atoms with Crippen LogP contribution in [0.2, 0.25) is 0 Å². The molecule has 2 fully saturated rings. The van der Waals surface area contributed by atoms with Gasteiger partial charge in [-0.15, -0.1) is 11.3 Å². The van der Waals surface area contributed by atoms with Crippen molar-refractivity contribution in [2.45, 2.75) is 57.7 Å². The monoisotopic (exact) mass is 302 g/mol. The highest BCUT2D eigenvalue weighted by Gasteiger charge is 2.38. The fourth-order valence-electron chi connectivity index (χ4n) is 3.46. The minimum absolute atomic E-state index is 0.517. The first-order valence-corrected chi connectivity index (χ1v) is 8.82. The Kier molecular flexibility index (Phi) is 3.34. The van der Waals surface area contributed by atoms with Crippen molar-refractivity contribution in [2.24, 2.45) is 0 Å². The molecule has 5 heteroatoms. The number of aromatic nitrogens is 2. The second-order valence-corrected chi connectivity index (χ2v) is 7.48. The number of hydrogen-bond donors (Lipinski definition) is 1. The minimum atomic E-state index is 0.517. The average molecular weight is 302 g/mol. The van der Waals surface area contributed by atoms with Gasteiger partial charge in [0.25, 0.3) is 0 Å². The third-order valence-electron chi connectivity index (χ3n) is 4.71. The van der Waals surface area contributed by atoms with E-state index in [-0.39, 0.29) is 0 Å². The predicted molar refractivity (Wildman–Crippen MR) is 88.0 cm³/mol. The Morgan fingerprint density at radius 2 is 2.24 bits per heavy atom. The van der Waals surface area contributed by atoms with Crippen LogP contribution < -0.4 is 5.32 Å². The topological polar surface area (TPSA) is 41.0 Å². The van der Waals surface area contributed by atoms with Gasteiger partial charge in [-0.3, -0.25) is 4.90 Å². The highest BCUT2D eigenvalue weighted by atomic mass is 32.1. The van der Waals surface area contributed by atoms with Crippen molar-refractivity contribution in [3.8, 4) is 0 Å². The van der Waals surface area contributed by atoms with Gasteiger partial charge in [-0.05, 0) is 38.7 Å². The zero-order valence-electron chi connectivity index (χ0n) is 12.7.